The standard InChI is InChI=1S/C21H18ClNO4S/c1-12-9-16(24)20(21(25)26-12)15-11-19(28-8-7-23-15)18-6-5-17(27-18)13-3-2-4-14(22)10-13/h2-6,9-10,19,24H,7-8,11H2,1H3. The van der Waals surface area contributed by atoms with Gasteiger partial charge in [0.05, 0.1) is 11.0 Å². The second kappa shape index (κ2) is 7.89. The Morgan fingerprint density at radius 1 is 1.21 bits per heavy atom. The van der Waals surface area contributed by atoms with Crippen LogP contribution in [0.15, 0.2) is 61.1 Å². The highest BCUT2D eigenvalue weighted by Gasteiger charge is 2.26. The van der Waals surface area contributed by atoms with E-state index in [-0.39, 0.29) is 16.6 Å². The summed E-state index contributed by atoms with van der Waals surface area (Å²) in [6.07, 6.45) is 0.467. The molecule has 1 aromatic carbocycles. The molecule has 1 aliphatic rings. The molecule has 0 bridgehead atoms. The molecule has 28 heavy (non-hydrogen) atoms. The fourth-order valence-electron chi connectivity index (χ4n) is 3.22. The van der Waals surface area contributed by atoms with E-state index in [1.54, 1.807) is 18.7 Å². The van der Waals surface area contributed by atoms with Gasteiger partial charge in [-0.15, -0.1) is 11.8 Å². The third-order valence-electron chi connectivity index (χ3n) is 4.49. The van der Waals surface area contributed by atoms with Gasteiger partial charge in [0, 0.05) is 35.4 Å². The Labute approximate surface area is 171 Å². The minimum absolute atomic E-state index is 0.0192. The Kier molecular flexibility index (Phi) is 5.33. The van der Waals surface area contributed by atoms with Crippen LogP contribution in [-0.4, -0.2) is 23.1 Å². The Balaban J connectivity index is 1.64. The lowest BCUT2D eigenvalue weighted by molar-refractivity contribution is 0.432. The summed E-state index contributed by atoms with van der Waals surface area (Å²) in [7, 11) is 0. The van der Waals surface area contributed by atoms with E-state index >= 15 is 0 Å². The number of thioether (sulfide) groups is 1. The molecule has 1 aliphatic heterocycles. The van der Waals surface area contributed by atoms with Crippen molar-refractivity contribution in [2.24, 2.45) is 4.99 Å². The third kappa shape index (κ3) is 3.88. The van der Waals surface area contributed by atoms with Gasteiger partial charge in [0.2, 0.25) is 0 Å². The van der Waals surface area contributed by atoms with Gasteiger partial charge >= 0.3 is 5.63 Å². The summed E-state index contributed by atoms with van der Waals surface area (Å²) < 4.78 is 11.2. The SMILES string of the molecule is Cc1cc(O)c(C2=NCCSC(c3ccc(-c4cccc(Cl)c4)o3)C2)c(=O)o1. The van der Waals surface area contributed by atoms with Gasteiger partial charge in [-0.1, -0.05) is 23.7 Å². The van der Waals surface area contributed by atoms with Crippen molar-refractivity contribution in [3.63, 3.8) is 0 Å². The molecule has 0 amide bonds. The lowest BCUT2D eigenvalue weighted by Gasteiger charge is -2.13. The van der Waals surface area contributed by atoms with Crippen molar-refractivity contribution in [3.05, 3.63) is 75.0 Å². The van der Waals surface area contributed by atoms with Gasteiger partial charge in [-0.25, -0.2) is 4.79 Å². The van der Waals surface area contributed by atoms with Gasteiger partial charge in [0.15, 0.2) is 0 Å². The molecule has 2 aromatic heterocycles. The van der Waals surface area contributed by atoms with Crippen LogP contribution in [0, 0.1) is 6.92 Å². The van der Waals surface area contributed by atoms with Gasteiger partial charge in [-0.3, -0.25) is 4.99 Å². The van der Waals surface area contributed by atoms with Crippen LogP contribution in [0.5, 0.6) is 5.75 Å². The molecule has 0 aliphatic carbocycles. The van der Waals surface area contributed by atoms with Crippen LogP contribution in [0.2, 0.25) is 5.02 Å². The molecule has 3 aromatic rings. The molecule has 144 valence electrons. The van der Waals surface area contributed by atoms with Crippen LogP contribution in [0.3, 0.4) is 0 Å². The maximum atomic E-state index is 12.3. The summed E-state index contributed by atoms with van der Waals surface area (Å²) in [6.45, 7) is 2.18. The first-order chi connectivity index (χ1) is 13.5. The zero-order valence-corrected chi connectivity index (χ0v) is 16.7. The highest BCUT2D eigenvalue weighted by Crippen LogP contribution is 2.38. The van der Waals surface area contributed by atoms with E-state index in [0.717, 1.165) is 22.8 Å². The van der Waals surface area contributed by atoms with Gasteiger partial charge in [-0.05, 0) is 31.2 Å². The fraction of sp³-hybridized carbons (Fsp3) is 0.238. The molecule has 0 spiro atoms. The molecule has 1 N–H and O–H groups in total. The summed E-state index contributed by atoms with van der Waals surface area (Å²) in [5.41, 5.74) is 1.02. The minimum atomic E-state index is -0.569. The highest BCUT2D eigenvalue weighted by atomic mass is 35.5. The average molecular weight is 416 g/mol. The van der Waals surface area contributed by atoms with Gasteiger partial charge in [-0.2, -0.15) is 0 Å². The summed E-state index contributed by atoms with van der Waals surface area (Å²) in [5.74, 6) is 2.59. The van der Waals surface area contributed by atoms with E-state index in [2.05, 4.69) is 4.99 Å². The third-order valence-corrected chi connectivity index (χ3v) is 5.94. The molecule has 4 rings (SSSR count). The van der Waals surface area contributed by atoms with E-state index < -0.39 is 5.63 Å². The quantitative estimate of drug-likeness (QED) is 0.633. The molecule has 0 fully saturated rings. The summed E-state index contributed by atoms with van der Waals surface area (Å²) >= 11 is 7.79. The maximum absolute atomic E-state index is 12.3. The number of hydrogen-bond acceptors (Lipinski definition) is 6. The van der Waals surface area contributed by atoms with E-state index in [9.17, 15) is 9.90 Å². The number of hydrogen-bond donors (Lipinski definition) is 1. The van der Waals surface area contributed by atoms with Crippen LogP contribution in [-0.2, 0) is 0 Å². The molecule has 0 saturated heterocycles. The number of furan rings is 1. The van der Waals surface area contributed by atoms with Crippen molar-refractivity contribution in [2.75, 3.05) is 12.3 Å². The second-order valence-corrected chi connectivity index (χ2v) is 8.26. The predicted octanol–water partition coefficient (Wildman–Crippen LogP) is 5.23. The molecule has 0 radical (unpaired) electrons. The molecule has 1 unspecified atom stereocenters. The maximum Gasteiger partial charge on any atom is 0.348 e. The van der Waals surface area contributed by atoms with E-state index in [1.165, 1.54) is 6.07 Å². The first kappa shape index (κ1) is 18.9. The molecule has 7 heteroatoms. The fourth-order valence-corrected chi connectivity index (χ4v) is 4.46. The Hall–Kier alpha value is -2.44. The van der Waals surface area contributed by atoms with Crippen molar-refractivity contribution in [1.82, 2.24) is 0 Å². The van der Waals surface area contributed by atoms with Crippen molar-refractivity contribution in [1.29, 1.82) is 0 Å². The van der Waals surface area contributed by atoms with Crippen molar-refractivity contribution in [3.8, 4) is 17.1 Å². The van der Waals surface area contributed by atoms with Crippen LogP contribution >= 0.6 is 23.4 Å². The van der Waals surface area contributed by atoms with Crippen molar-refractivity contribution >= 4 is 29.1 Å². The normalized spacial score (nSPS) is 17.2. The van der Waals surface area contributed by atoms with Crippen LogP contribution in [0.4, 0.5) is 0 Å². The van der Waals surface area contributed by atoms with E-state index in [4.69, 9.17) is 20.4 Å². The number of benzene rings is 1. The van der Waals surface area contributed by atoms with E-state index in [0.29, 0.717) is 29.5 Å². The zero-order valence-electron chi connectivity index (χ0n) is 15.1. The van der Waals surface area contributed by atoms with Gasteiger partial charge < -0.3 is 13.9 Å². The second-order valence-electron chi connectivity index (χ2n) is 6.51. The lowest BCUT2D eigenvalue weighted by atomic mass is 10.0. The summed E-state index contributed by atoms with van der Waals surface area (Å²) in [6, 6.07) is 12.8. The molecular formula is C21H18ClNO4S. The van der Waals surface area contributed by atoms with Gasteiger partial charge in [0.1, 0.15) is 28.6 Å². The number of aryl methyl sites for hydroxylation is 1. The smallest absolute Gasteiger partial charge is 0.348 e. The summed E-state index contributed by atoms with van der Waals surface area (Å²) in [4.78, 5) is 16.8. The number of aromatic hydroxyl groups is 1. The van der Waals surface area contributed by atoms with Gasteiger partial charge in [0.25, 0.3) is 0 Å². The van der Waals surface area contributed by atoms with Crippen molar-refractivity contribution in [2.45, 2.75) is 18.6 Å². The van der Waals surface area contributed by atoms with E-state index in [1.807, 2.05) is 36.4 Å². The number of rotatable bonds is 3. The van der Waals surface area contributed by atoms with Crippen LogP contribution in [0.25, 0.3) is 11.3 Å². The Morgan fingerprint density at radius 3 is 2.86 bits per heavy atom. The zero-order chi connectivity index (χ0) is 19.7. The summed E-state index contributed by atoms with van der Waals surface area (Å²) in [5, 5.41) is 10.9. The number of halogens is 1. The first-order valence-electron chi connectivity index (χ1n) is 8.86. The molecule has 0 saturated carbocycles. The first-order valence-corrected chi connectivity index (χ1v) is 10.3. The molecule has 5 nitrogen and oxygen atoms in total. The average Bonchev–Trinajstić information content (AvgIpc) is 3.01. The molecular weight excluding hydrogens is 398 g/mol. The number of aliphatic imine (C=N–C) groups is 1. The monoisotopic (exact) mass is 415 g/mol. The largest absolute Gasteiger partial charge is 0.507 e. The van der Waals surface area contributed by atoms with Crippen LogP contribution in [0.1, 0.15) is 28.8 Å². The minimum Gasteiger partial charge on any atom is -0.507 e. The number of nitrogens with zero attached hydrogens (tertiary/aromatic N) is 1. The van der Waals surface area contributed by atoms with Crippen LogP contribution < -0.4 is 5.63 Å². The highest BCUT2D eigenvalue weighted by molar-refractivity contribution is 7.99. The Bertz CT molecular complexity index is 1100. The van der Waals surface area contributed by atoms with Crippen molar-refractivity contribution < 1.29 is 13.9 Å². The topological polar surface area (TPSA) is 75.9 Å². The molecule has 3 heterocycles. The Morgan fingerprint density at radius 2 is 2.07 bits per heavy atom. The molecule has 1 atom stereocenters. The predicted molar refractivity (Wildman–Crippen MR) is 112 cm³/mol. The lowest BCUT2D eigenvalue weighted by Crippen LogP contribution is -2.17.